The van der Waals surface area contributed by atoms with Gasteiger partial charge in [-0.25, -0.2) is 0 Å². The molecule has 0 saturated carbocycles. The molecule has 2 unspecified atom stereocenters. The summed E-state index contributed by atoms with van der Waals surface area (Å²) in [7, 11) is 0. The molecule has 76 heavy (non-hydrogen) atoms. The SMILES string of the molecule is CCCC/C=C\C/C=C\CCCCCCCC(=O)OCCCCCCCCCCCCCCCCCCCCCCCCCCCCC(=O)NC(CO)C(O)CCCCCCCCCCCCCCCCCCCCC. The Morgan fingerprint density at radius 3 is 1.04 bits per heavy atom. The second-order valence-electron chi connectivity index (χ2n) is 23.9. The van der Waals surface area contributed by atoms with Gasteiger partial charge in [0.2, 0.25) is 5.91 Å². The number of allylic oxidation sites excluding steroid dienone is 4. The monoisotopic (exact) mass is 1070 g/mol. The smallest absolute Gasteiger partial charge is 0.305 e. The van der Waals surface area contributed by atoms with E-state index in [0.29, 0.717) is 25.9 Å². The van der Waals surface area contributed by atoms with Crippen molar-refractivity contribution in [2.75, 3.05) is 13.2 Å². The number of rotatable bonds is 65. The number of unbranched alkanes of at least 4 members (excludes halogenated alkanes) is 50. The van der Waals surface area contributed by atoms with Crippen LogP contribution in [0.2, 0.25) is 0 Å². The molecule has 0 fully saturated rings. The van der Waals surface area contributed by atoms with E-state index in [2.05, 4.69) is 43.5 Å². The Bertz CT molecular complexity index is 1190. The predicted octanol–water partition coefficient (Wildman–Crippen LogP) is 22.1. The summed E-state index contributed by atoms with van der Waals surface area (Å²) < 4.78 is 5.48. The third kappa shape index (κ3) is 61.6. The minimum atomic E-state index is -0.663. The number of ether oxygens (including phenoxy) is 1. The summed E-state index contributed by atoms with van der Waals surface area (Å²) in [5.74, 6) is -0.0256. The molecule has 6 nitrogen and oxygen atoms in total. The van der Waals surface area contributed by atoms with Gasteiger partial charge in [-0.15, -0.1) is 0 Å². The molecule has 6 heteroatoms. The van der Waals surface area contributed by atoms with Crippen LogP contribution in [0.25, 0.3) is 0 Å². The molecule has 0 spiro atoms. The third-order valence-corrected chi connectivity index (χ3v) is 16.3. The molecule has 0 aromatic rings. The summed E-state index contributed by atoms with van der Waals surface area (Å²) in [6, 6.07) is -0.540. The minimum absolute atomic E-state index is 0.00330. The average molecular weight is 1070 g/mol. The van der Waals surface area contributed by atoms with E-state index in [4.69, 9.17) is 4.74 Å². The zero-order valence-corrected chi connectivity index (χ0v) is 51.5. The molecule has 0 aliphatic carbocycles. The molecule has 0 aromatic carbocycles. The van der Waals surface area contributed by atoms with Gasteiger partial charge in [-0.1, -0.05) is 346 Å². The standard InChI is InChI=1S/C70H135NO5/c1-3-5-7-9-11-13-15-17-19-20-29-32-35-38-42-46-50-54-58-62-68(73)67(66-72)71-69(74)63-59-55-51-47-43-39-36-33-30-27-25-23-21-22-24-26-28-31-34-37-41-45-49-53-57-61-65-76-70(75)64-60-56-52-48-44-40-18-16-14-12-10-8-6-4-2/h10,12,16,18,67-68,72-73H,3-9,11,13-15,17,19-66H2,1-2H3,(H,71,74)/b12-10-,18-16-. The zero-order chi connectivity index (χ0) is 55.0. The van der Waals surface area contributed by atoms with E-state index in [0.717, 1.165) is 51.4 Å². The fourth-order valence-electron chi connectivity index (χ4n) is 11.0. The second kappa shape index (κ2) is 65.9. The molecule has 0 aliphatic heterocycles. The maximum atomic E-state index is 12.5. The molecule has 3 N–H and O–H groups in total. The van der Waals surface area contributed by atoms with Crippen molar-refractivity contribution in [1.29, 1.82) is 0 Å². The Hall–Kier alpha value is -1.66. The van der Waals surface area contributed by atoms with Crippen molar-refractivity contribution < 1.29 is 24.5 Å². The first kappa shape index (κ1) is 74.3. The number of amides is 1. The summed E-state index contributed by atoms with van der Waals surface area (Å²) in [5.41, 5.74) is 0. The Balaban J connectivity index is 3.36. The van der Waals surface area contributed by atoms with Gasteiger partial charge in [0, 0.05) is 12.8 Å². The quantitative estimate of drug-likeness (QED) is 0.0320. The number of hydrogen-bond donors (Lipinski definition) is 3. The van der Waals surface area contributed by atoms with E-state index in [-0.39, 0.29) is 18.5 Å². The normalized spacial score (nSPS) is 12.6. The highest BCUT2D eigenvalue weighted by molar-refractivity contribution is 5.76. The maximum Gasteiger partial charge on any atom is 0.305 e. The molecule has 0 heterocycles. The number of aliphatic hydroxyl groups excluding tert-OH is 2. The van der Waals surface area contributed by atoms with Crippen LogP contribution in [-0.2, 0) is 14.3 Å². The molecular formula is C70H135NO5. The van der Waals surface area contributed by atoms with Crippen LogP contribution in [0.1, 0.15) is 386 Å². The van der Waals surface area contributed by atoms with Crippen LogP contribution >= 0.6 is 0 Å². The minimum Gasteiger partial charge on any atom is -0.466 e. The van der Waals surface area contributed by atoms with Crippen LogP contribution in [0.3, 0.4) is 0 Å². The van der Waals surface area contributed by atoms with Gasteiger partial charge in [0.25, 0.3) is 0 Å². The largest absolute Gasteiger partial charge is 0.466 e. The third-order valence-electron chi connectivity index (χ3n) is 16.3. The fourth-order valence-corrected chi connectivity index (χ4v) is 11.0. The summed E-state index contributed by atoms with van der Waals surface area (Å²) >= 11 is 0. The van der Waals surface area contributed by atoms with Crippen LogP contribution in [0.4, 0.5) is 0 Å². The summed E-state index contributed by atoms with van der Waals surface area (Å²) in [6.07, 6.45) is 82.2. The van der Waals surface area contributed by atoms with E-state index in [1.54, 1.807) is 0 Å². The van der Waals surface area contributed by atoms with Crippen molar-refractivity contribution in [3.8, 4) is 0 Å². The highest BCUT2D eigenvalue weighted by atomic mass is 16.5. The van der Waals surface area contributed by atoms with Crippen LogP contribution < -0.4 is 5.32 Å². The summed E-state index contributed by atoms with van der Waals surface area (Å²) in [5, 5.41) is 23.4. The number of nitrogens with one attached hydrogen (secondary N) is 1. The van der Waals surface area contributed by atoms with E-state index < -0.39 is 12.1 Å². The highest BCUT2D eigenvalue weighted by Gasteiger charge is 2.20. The first-order valence-electron chi connectivity index (χ1n) is 34.6. The van der Waals surface area contributed by atoms with Gasteiger partial charge in [-0.05, 0) is 51.4 Å². The van der Waals surface area contributed by atoms with Gasteiger partial charge in [0.05, 0.1) is 25.4 Å². The fraction of sp³-hybridized carbons (Fsp3) is 0.914. The van der Waals surface area contributed by atoms with Crippen molar-refractivity contribution in [2.45, 2.75) is 398 Å². The Morgan fingerprint density at radius 1 is 0.368 bits per heavy atom. The topological polar surface area (TPSA) is 95.9 Å². The van der Waals surface area contributed by atoms with Crippen molar-refractivity contribution in [3.05, 3.63) is 24.3 Å². The van der Waals surface area contributed by atoms with Crippen LogP contribution in [-0.4, -0.2) is 47.4 Å². The Morgan fingerprint density at radius 2 is 0.671 bits per heavy atom. The Labute approximate surface area is 475 Å². The highest BCUT2D eigenvalue weighted by Crippen LogP contribution is 2.19. The van der Waals surface area contributed by atoms with Gasteiger partial charge < -0.3 is 20.3 Å². The Kier molecular flexibility index (Phi) is 64.4. The number of hydrogen-bond acceptors (Lipinski definition) is 5. The molecule has 0 bridgehead atoms. The van der Waals surface area contributed by atoms with Gasteiger partial charge in [0.1, 0.15) is 0 Å². The lowest BCUT2D eigenvalue weighted by Gasteiger charge is -2.22. The summed E-state index contributed by atoms with van der Waals surface area (Å²) in [6.45, 7) is 4.94. The molecule has 450 valence electrons. The molecule has 2 atom stereocenters. The molecule has 0 saturated heterocycles. The number of aliphatic hydroxyl groups is 2. The average Bonchev–Trinajstić information content (AvgIpc) is 3.42. The van der Waals surface area contributed by atoms with Gasteiger partial charge in [0.15, 0.2) is 0 Å². The molecule has 0 aliphatic rings. The van der Waals surface area contributed by atoms with E-state index in [1.807, 2.05) is 0 Å². The van der Waals surface area contributed by atoms with Gasteiger partial charge in [-0.2, -0.15) is 0 Å². The summed E-state index contributed by atoms with van der Waals surface area (Å²) in [4.78, 5) is 24.6. The van der Waals surface area contributed by atoms with Crippen molar-refractivity contribution in [1.82, 2.24) is 5.32 Å². The zero-order valence-electron chi connectivity index (χ0n) is 51.5. The second-order valence-corrected chi connectivity index (χ2v) is 23.9. The van der Waals surface area contributed by atoms with Gasteiger partial charge >= 0.3 is 5.97 Å². The van der Waals surface area contributed by atoms with Gasteiger partial charge in [-0.3, -0.25) is 9.59 Å². The molecule has 1 amide bonds. The number of carbonyl (C=O) groups is 2. The van der Waals surface area contributed by atoms with Crippen LogP contribution in [0.15, 0.2) is 24.3 Å². The van der Waals surface area contributed by atoms with E-state index >= 15 is 0 Å². The lowest BCUT2D eigenvalue weighted by molar-refractivity contribution is -0.143. The first-order chi connectivity index (χ1) is 37.5. The van der Waals surface area contributed by atoms with Crippen molar-refractivity contribution in [3.63, 3.8) is 0 Å². The molecule has 0 aromatic heterocycles. The van der Waals surface area contributed by atoms with E-state index in [9.17, 15) is 19.8 Å². The molecule has 0 rings (SSSR count). The molecular weight excluding hydrogens is 935 g/mol. The van der Waals surface area contributed by atoms with Crippen LogP contribution in [0, 0.1) is 0 Å². The molecule has 0 radical (unpaired) electrons. The maximum absolute atomic E-state index is 12.5. The predicted molar refractivity (Wildman–Crippen MR) is 333 cm³/mol. The lowest BCUT2D eigenvalue weighted by atomic mass is 10.0. The van der Waals surface area contributed by atoms with Crippen molar-refractivity contribution in [2.24, 2.45) is 0 Å². The lowest BCUT2D eigenvalue weighted by Crippen LogP contribution is -2.45. The number of esters is 1. The van der Waals surface area contributed by atoms with Crippen molar-refractivity contribution >= 4 is 11.9 Å². The van der Waals surface area contributed by atoms with Crippen LogP contribution in [0.5, 0.6) is 0 Å². The van der Waals surface area contributed by atoms with E-state index in [1.165, 1.54) is 302 Å². The number of carbonyl (C=O) groups excluding carboxylic acids is 2. The first-order valence-corrected chi connectivity index (χ1v) is 34.6.